The van der Waals surface area contributed by atoms with Gasteiger partial charge in [0.2, 0.25) is 27.7 Å². The number of amides is 4. The third kappa shape index (κ3) is 7.92. The van der Waals surface area contributed by atoms with Crippen LogP contribution < -0.4 is 20.1 Å². The van der Waals surface area contributed by atoms with E-state index in [-0.39, 0.29) is 32.1 Å². The molecule has 4 amide bonds. The third-order valence-corrected chi connectivity index (χ3v) is 13.4. The summed E-state index contributed by atoms with van der Waals surface area (Å²) in [6, 6.07) is 7.16. The Morgan fingerprint density at radius 1 is 1.02 bits per heavy atom. The monoisotopic (exact) mass is 791 g/mol. The average Bonchev–Trinajstić information content (AvgIpc) is 3.98. The van der Waals surface area contributed by atoms with Crippen LogP contribution in [-0.4, -0.2) is 100 Å². The minimum absolute atomic E-state index is 0.0183. The van der Waals surface area contributed by atoms with E-state index >= 15 is 0 Å². The van der Waals surface area contributed by atoms with Gasteiger partial charge >= 0.3 is 6.09 Å². The van der Waals surface area contributed by atoms with E-state index < -0.39 is 68.7 Å². The maximum Gasteiger partial charge on any atom is 0.408 e. The first-order valence-corrected chi connectivity index (χ1v) is 21.3. The molecule has 1 saturated heterocycles. The van der Waals surface area contributed by atoms with E-state index in [1.807, 2.05) is 36.4 Å². The molecular weight excluding hydrogens is 743 g/mol. The van der Waals surface area contributed by atoms with Crippen molar-refractivity contribution in [3.05, 3.63) is 48.2 Å². The molecule has 2 aromatic heterocycles. The molecule has 17 heteroatoms. The molecule has 56 heavy (non-hydrogen) atoms. The van der Waals surface area contributed by atoms with Gasteiger partial charge in [-0.05, 0) is 76.3 Å². The fourth-order valence-electron chi connectivity index (χ4n) is 8.31. The highest BCUT2D eigenvalue weighted by atomic mass is 32.2. The van der Waals surface area contributed by atoms with Crippen LogP contribution in [-0.2, 0) is 40.5 Å². The minimum atomic E-state index is -3.90. The first kappa shape index (κ1) is 38.1. The SMILES string of the molecule is COCc1cc(O[C@@H]2C[C@H]3C(=O)N[C@]4(C(=O)NS(=O)(=O)C5CC5)C[C@H]4/C=C\CCCCC[C@H](NC(=O)OC4CCCC4)C(=O)N3C2)n2nc3ccccc3c2n1. The Bertz CT molecular complexity index is 2150. The molecule has 4 heterocycles. The molecule has 0 bridgehead atoms. The zero-order chi connectivity index (χ0) is 39.0. The Balaban J connectivity index is 1.11. The van der Waals surface area contributed by atoms with Crippen molar-refractivity contribution in [2.24, 2.45) is 5.92 Å². The summed E-state index contributed by atoms with van der Waals surface area (Å²) in [6.07, 6.45) is 10.1. The van der Waals surface area contributed by atoms with Crippen molar-refractivity contribution in [3.63, 3.8) is 0 Å². The van der Waals surface area contributed by atoms with Gasteiger partial charge in [-0.25, -0.2) is 18.2 Å². The lowest BCUT2D eigenvalue weighted by molar-refractivity contribution is -0.141. The number of fused-ring (bicyclic) bond motifs is 5. The molecule has 5 atom stereocenters. The smallest absolute Gasteiger partial charge is 0.408 e. The van der Waals surface area contributed by atoms with Crippen LogP contribution in [0.2, 0.25) is 0 Å². The number of allylic oxidation sites excluding steroid dienone is 1. The standard InChI is InChI=1S/C39H49N7O9S/c1-53-23-25-19-33(46-34(40-25)29-14-9-10-15-30(29)43-46)54-27-20-32-35(47)42-39(37(49)44-56(51,52)28-17-18-28)21-24(39)11-5-3-2-4-6-16-31(36(48)45(32)22-27)41-38(50)55-26-12-7-8-13-26/h5,9-11,14-15,19,24,26-28,31-32H,2-4,6-8,12-13,16-18,20-23H2,1H3,(H,41,50)(H,42,47)(H,44,49)/b11-5-/t24-,27-,31+,32+,39-/m1/s1. The van der Waals surface area contributed by atoms with Gasteiger partial charge in [0, 0.05) is 30.9 Å². The maximum absolute atomic E-state index is 14.6. The molecule has 0 spiro atoms. The topological polar surface area (TPSA) is 200 Å². The van der Waals surface area contributed by atoms with Crippen LogP contribution in [0.15, 0.2) is 42.5 Å². The number of hydrogen-bond acceptors (Lipinski definition) is 11. The molecule has 3 aliphatic carbocycles. The predicted octanol–water partition coefficient (Wildman–Crippen LogP) is 3.42. The van der Waals surface area contributed by atoms with Gasteiger partial charge in [0.1, 0.15) is 29.8 Å². The zero-order valence-electron chi connectivity index (χ0n) is 31.5. The lowest BCUT2D eigenvalue weighted by atomic mass is 10.0. The van der Waals surface area contributed by atoms with Crippen molar-refractivity contribution < 1.29 is 41.8 Å². The van der Waals surface area contributed by atoms with Crippen molar-refractivity contribution in [2.75, 3.05) is 13.7 Å². The second kappa shape index (κ2) is 15.6. The minimum Gasteiger partial charge on any atom is -0.472 e. The van der Waals surface area contributed by atoms with Gasteiger partial charge in [0.15, 0.2) is 5.65 Å². The Labute approximate surface area is 325 Å². The van der Waals surface area contributed by atoms with E-state index in [2.05, 4.69) is 15.4 Å². The first-order chi connectivity index (χ1) is 27.0. The summed E-state index contributed by atoms with van der Waals surface area (Å²) >= 11 is 0. The highest BCUT2D eigenvalue weighted by Gasteiger charge is 2.62. The summed E-state index contributed by atoms with van der Waals surface area (Å²) in [5.41, 5.74) is 0.341. The van der Waals surface area contributed by atoms with Crippen molar-refractivity contribution in [3.8, 4) is 5.88 Å². The summed E-state index contributed by atoms with van der Waals surface area (Å²) in [5.74, 6) is -1.97. The average molecular weight is 792 g/mol. The van der Waals surface area contributed by atoms with E-state index in [0.717, 1.165) is 43.9 Å². The van der Waals surface area contributed by atoms with Gasteiger partial charge in [-0.2, -0.15) is 9.61 Å². The molecule has 1 aromatic carbocycles. The van der Waals surface area contributed by atoms with Crippen LogP contribution in [0, 0.1) is 5.92 Å². The number of methoxy groups -OCH3 is 1. The second-order valence-electron chi connectivity index (χ2n) is 15.8. The van der Waals surface area contributed by atoms with Gasteiger partial charge in [0.25, 0.3) is 5.91 Å². The fourth-order valence-corrected chi connectivity index (χ4v) is 9.67. The van der Waals surface area contributed by atoms with E-state index in [4.69, 9.17) is 24.3 Å². The second-order valence-corrected chi connectivity index (χ2v) is 17.7. The highest BCUT2D eigenvalue weighted by molar-refractivity contribution is 7.91. The van der Waals surface area contributed by atoms with Crippen molar-refractivity contribution in [2.45, 2.75) is 125 Å². The van der Waals surface area contributed by atoms with Crippen LogP contribution in [0.4, 0.5) is 4.79 Å². The molecule has 4 fully saturated rings. The normalized spacial score (nSPS) is 28.1. The molecule has 3 saturated carbocycles. The summed E-state index contributed by atoms with van der Waals surface area (Å²) < 4.78 is 47.3. The summed E-state index contributed by atoms with van der Waals surface area (Å²) in [4.78, 5) is 62.2. The predicted molar refractivity (Wildman–Crippen MR) is 203 cm³/mol. The van der Waals surface area contributed by atoms with E-state index in [1.165, 1.54) is 4.90 Å². The lowest BCUT2D eigenvalue weighted by Crippen LogP contribution is -2.58. The third-order valence-electron chi connectivity index (χ3n) is 11.6. The van der Waals surface area contributed by atoms with Crippen LogP contribution in [0.1, 0.15) is 89.2 Å². The van der Waals surface area contributed by atoms with Gasteiger partial charge in [-0.1, -0.05) is 37.1 Å². The van der Waals surface area contributed by atoms with Crippen LogP contribution in [0.25, 0.3) is 16.6 Å². The number of alkyl carbamates (subject to hydrolysis) is 1. The summed E-state index contributed by atoms with van der Waals surface area (Å²) in [6.45, 7) is 0.183. The number of sulfonamides is 1. The molecule has 16 nitrogen and oxygen atoms in total. The zero-order valence-corrected chi connectivity index (χ0v) is 32.3. The molecular formula is C39H49N7O9S. The van der Waals surface area contributed by atoms with E-state index in [0.29, 0.717) is 54.8 Å². The molecule has 2 aliphatic heterocycles. The van der Waals surface area contributed by atoms with Crippen molar-refractivity contribution in [1.29, 1.82) is 0 Å². The number of aromatic nitrogens is 3. The van der Waals surface area contributed by atoms with Gasteiger partial charge in [-0.15, -0.1) is 0 Å². The van der Waals surface area contributed by atoms with Crippen molar-refractivity contribution in [1.82, 2.24) is 34.9 Å². The number of carbonyl (C=O) groups is 4. The highest BCUT2D eigenvalue weighted by Crippen LogP contribution is 2.46. The Morgan fingerprint density at radius 2 is 1.80 bits per heavy atom. The summed E-state index contributed by atoms with van der Waals surface area (Å²) in [7, 11) is -2.33. The molecule has 0 unspecified atom stereocenters. The van der Waals surface area contributed by atoms with Crippen LogP contribution >= 0.6 is 0 Å². The number of nitrogens with zero attached hydrogens (tertiary/aromatic N) is 4. The van der Waals surface area contributed by atoms with Crippen molar-refractivity contribution >= 4 is 50.4 Å². The molecule has 5 aliphatic rings. The molecule has 300 valence electrons. The number of hydrogen-bond donors (Lipinski definition) is 3. The largest absolute Gasteiger partial charge is 0.472 e. The molecule has 0 radical (unpaired) electrons. The Kier molecular flexibility index (Phi) is 10.6. The Hall–Kier alpha value is -4.77. The quantitative estimate of drug-likeness (QED) is 0.269. The number of benzene rings is 1. The summed E-state index contributed by atoms with van der Waals surface area (Å²) in [5, 5.41) is 10.6. The Morgan fingerprint density at radius 3 is 2.59 bits per heavy atom. The number of ether oxygens (including phenoxy) is 3. The molecule has 3 aromatic rings. The molecule has 8 rings (SSSR count). The van der Waals surface area contributed by atoms with Gasteiger partial charge in [-0.3, -0.25) is 19.1 Å². The van der Waals surface area contributed by atoms with Crippen LogP contribution in [0.3, 0.4) is 0 Å². The van der Waals surface area contributed by atoms with E-state index in [1.54, 1.807) is 17.7 Å². The van der Waals surface area contributed by atoms with Gasteiger partial charge < -0.3 is 29.7 Å². The van der Waals surface area contributed by atoms with Gasteiger partial charge in [0.05, 0.1) is 29.6 Å². The number of carbonyl (C=O) groups excluding carboxylic acids is 4. The number of nitrogens with one attached hydrogen (secondary N) is 3. The lowest BCUT2D eigenvalue weighted by Gasteiger charge is -2.30. The number of rotatable bonds is 9. The maximum atomic E-state index is 14.6. The fraction of sp³-hybridized carbons (Fsp3) is 0.590. The molecule has 3 N–H and O–H groups in total. The van der Waals surface area contributed by atoms with Crippen LogP contribution in [0.5, 0.6) is 5.88 Å². The van der Waals surface area contributed by atoms with E-state index in [9.17, 15) is 27.6 Å². The first-order valence-electron chi connectivity index (χ1n) is 19.8.